The van der Waals surface area contributed by atoms with Gasteiger partial charge in [-0.25, -0.2) is 0 Å². The predicted octanol–water partition coefficient (Wildman–Crippen LogP) is 5.15. The molecule has 0 saturated carbocycles. The molecule has 2 amide bonds. The van der Waals surface area contributed by atoms with Gasteiger partial charge in [-0.1, -0.05) is 37.3 Å². The Morgan fingerprint density at radius 1 is 1.08 bits per heavy atom. The highest BCUT2D eigenvalue weighted by Gasteiger charge is 2.29. The van der Waals surface area contributed by atoms with Crippen molar-refractivity contribution in [1.82, 2.24) is 4.90 Å². The van der Waals surface area contributed by atoms with Gasteiger partial charge in [-0.15, -0.1) is 0 Å². The fourth-order valence-electron chi connectivity index (χ4n) is 4.49. The lowest BCUT2D eigenvalue weighted by atomic mass is 9.95. The normalized spacial score (nSPS) is 15.8. The summed E-state index contributed by atoms with van der Waals surface area (Å²) in [5.74, 6) is 1.52. The number of benzene rings is 3. The summed E-state index contributed by atoms with van der Waals surface area (Å²) in [6.45, 7) is 4.44. The molecular formula is C29H32N2O5. The Labute approximate surface area is 212 Å². The number of nitrogens with one attached hydrogen (secondary N) is 1. The number of hydrogen-bond donors (Lipinski definition) is 1. The Balaban J connectivity index is 1.57. The van der Waals surface area contributed by atoms with Crippen LogP contribution < -0.4 is 19.5 Å². The van der Waals surface area contributed by atoms with Crippen molar-refractivity contribution in [2.45, 2.75) is 45.4 Å². The van der Waals surface area contributed by atoms with Gasteiger partial charge in [0.1, 0.15) is 17.2 Å². The number of anilines is 1. The van der Waals surface area contributed by atoms with E-state index in [4.69, 9.17) is 14.2 Å². The monoisotopic (exact) mass is 488 g/mol. The van der Waals surface area contributed by atoms with Crippen LogP contribution in [0.3, 0.4) is 0 Å². The summed E-state index contributed by atoms with van der Waals surface area (Å²) in [7, 11) is 3.19. The zero-order valence-corrected chi connectivity index (χ0v) is 21.1. The number of ether oxygens (including phenoxy) is 3. The number of nitrogens with zero attached hydrogens (tertiary/aromatic N) is 1. The van der Waals surface area contributed by atoms with Gasteiger partial charge in [-0.2, -0.15) is 0 Å². The Kier molecular flexibility index (Phi) is 7.78. The van der Waals surface area contributed by atoms with E-state index in [1.165, 1.54) is 0 Å². The average Bonchev–Trinajstić information content (AvgIpc) is 3.01. The quantitative estimate of drug-likeness (QED) is 0.475. The van der Waals surface area contributed by atoms with E-state index in [-0.39, 0.29) is 17.7 Å². The average molecular weight is 489 g/mol. The first-order chi connectivity index (χ1) is 17.4. The predicted molar refractivity (Wildman–Crippen MR) is 138 cm³/mol. The van der Waals surface area contributed by atoms with Crippen LogP contribution >= 0.6 is 0 Å². The third-order valence-corrected chi connectivity index (χ3v) is 6.43. The lowest BCUT2D eigenvalue weighted by molar-refractivity contribution is -0.138. The van der Waals surface area contributed by atoms with E-state index < -0.39 is 6.10 Å². The molecule has 0 radical (unpaired) electrons. The van der Waals surface area contributed by atoms with Crippen LogP contribution in [0.4, 0.5) is 5.69 Å². The molecule has 0 aliphatic carbocycles. The van der Waals surface area contributed by atoms with Crippen LogP contribution in [0, 0.1) is 0 Å². The molecule has 0 unspecified atom stereocenters. The molecule has 0 saturated heterocycles. The van der Waals surface area contributed by atoms with E-state index >= 15 is 0 Å². The zero-order valence-electron chi connectivity index (χ0n) is 21.1. The SMILES string of the molecule is CC[C@@H](C(=O)Nc1ccc2c(c1)CN(Cc1ccc(OC)cc1OC)C(=O)[C@@H](C)O2)c1ccccc1. The van der Waals surface area contributed by atoms with Gasteiger partial charge < -0.3 is 24.4 Å². The molecular weight excluding hydrogens is 456 g/mol. The zero-order chi connectivity index (χ0) is 25.7. The van der Waals surface area contributed by atoms with Gasteiger partial charge in [0.25, 0.3) is 5.91 Å². The lowest BCUT2D eigenvalue weighted by Crippen LogP contribution is -2.37. The van der Waals surface area contributed by atoms with E-state index in [9.17, 15) is 9.59 Å². The molecule has 3 aromatic carbocycles. The molecule has 0 fully saturated rings. The molecule has 1 aliphatic heterocycles. The van der Waals surface area contributed by atoms with E-state index in [0.29, 0.717) is 42.4 Å². The van der Waals surface area contributed by atoms with Gasteiger partial charge in [0.05, 0.1) is 20.1 Å². The summed E-state index contributed by atoms with van der Waals surface area (Å²) < 4.78 is 16.8. The molecule has 0 spiro atoms. The molecule has 3 aromatic rings. The number of fused-ring (bicyclic) bond motifs is 1. The molecule has 4 rings (SSSR count). The highest BCUT2D eigenvalue weighted by atomic mass is 16.5. The first-order valence-electron chi connectivity index (χ1n) is 12.1. The fourth-order valence-corrected chi connectivity index (χ4v) is 4.49. The maximum absolute atomic E-state index is 13.2. The summed E-state index contributed by atoms with van der Waals surface area (Å²) in [6.07, 6.45) is 0.0476. The lowest BCUT2D eigenvalue weighted by Gasteiger charge is -2.23. The summed E-state index contributed by atoms with van der Waals surface area (Å²) in [5, 5.41) is 3.05. The number of methoxy groups -OCH3 is 2. The largest absolute Gasteiger partial charge is 0.497 e. The molecule has 7 nitrogen and oxygen atoms in total. The Hall–Kier alpha value is -4.00. The number of amides is 2. The second kappa shape index (κ2) is 11.2. The highest BCUT2D eigenvalue weighted by molar-refractivity contribution is 5.96. The first-order valence-corrected chi connectivity index (χ1v) is 12.1. The molecule has 1 N–H and O–H groups in total. The van der Waals surface area contributed by atoms with Crippen LogP contribution in [0.25, 0.3) is 0 Å². The minimum absolute atomic E-state index is 0.0672. The summed E-state index contributed by atoms with van der Waals surface area (Å²) >= 11 is 0. The van der Waals surface area contributed by atoms with Crippen LogP contribution in [0.2, 0.25) is 0 Å². The Bertz CT molecular complexity index is 1230. The third kappa shape index (κ3) is 5.46. The standard InChI is InChI=1S/C29H32N2O5/c1-5-25(20-9-7-6-8-10-20)28(32)30-23-12-14-26-22(15-23)18-31(29(33)19(2)36-26)17-21-11-13-24(34-3)16-27(21)35-4/h6-16,19,25H,5,17-18H2,1-4H3,(H,30,32)/t19-,25-/m1/s1. The van der Waals surface area contributed by atoms with E-state index in [1.807, 2.05) is 67.6 Å². The molecule has 7 heteroatoms. The molecule has 36 heavy (non-hydrogen) atoms. The molecule has 188 valence electrons. The maximum atomic E-state index is 13.2. The van der Waals surface area contributed by atoms with Gasteiger partial charge in [0.15, 0.2) is 6.10 Å². The second-order valence-electron chi connectivity index (χ2n) is 8.82. The molecule has 0 bridgehead atoms. The van der Waals surface area contributed by atoms with Gasteiger partial charge in [0.2, 0.25) is 5.91 Å². The van der Waals surface area contributed by atoms with Crippen molar-refractivity contribution < 1.29 is 23.8 Å². The van der Waals surface area contributed by atoms with Gasteiger partial charge >= 0.3 is 0 Å². The van der Waals surface area contributed by atoms with E-state index in [0.717, 1.165) is 16.7 Å². The highest BCUT2D eigenvalue weighted by Crippen LogP contribution is 2.32. The molecule has 2 atom stereocenters. The molecule has 1 aliphatic rings. The number of carbonyl (C=O) groups is 2. The minimum atomic E-state index is -0.640. The van der Waals surface area contributed by atoms with Crippen LogP contribution in [0.1, 0.15) is 42.9 Å². The fraction of sp³-hybridized carbons (Fsp3) is 0.310. The first kappa shape index (κ1) is 25.1. The van der Waals surface area contributed by atoms with Gasteiger partial charge in [0, 0.05) is 36.0 Å². The smallest absolute Gasteiger partial charge is 0.263 e. The van der Waals surface area contributed by atoms with E-state index in [2.05, 4.69) is 5.32 Å². The summed E-state index contributed by atoms with van der Waals surface area (Å²) in [6, 6.07) is 20.8. The second-order valence-corrected chi connectivity index (χ2v) is 8.82. The topological polar surface area (TPSA) is 77.1 Å². The molecule has 1 heterocycles. The summed E-state index contributed by atoms with van der Waals surface area (Å²) in [5.41, 5.74) is 3.33. The minimum Gasteiger partial charge on any atom is -0.497 e. The van der Waals surface area contributed by atoms with Gasteiger partial charge in [-0.3, -0.25) is 9.59 Å². The van der Waals surface area contributed by atoms with Crippen molar-refractivity contribution >= 4 is 17.5 Å². The van der Waals surface area contributed by atoms with Crippen LogP contribution in [-0.2, 0) is 22.7 Å². The van der Waals surface area contributed by atoms with Crippen LogP contribution in [-0.4, -0.2) is 37.0 Å². The van der Waals surface area contributed by atoms with Crippen molar-refractivity contribution in [1.29, 1.82) is 0 Å². The van der Waals surface area contributed by atoms with Crippen molar-refractivity contribution in [2.24, 2.45) is 0 Å². The van der Waals surface area contributed by atoms with Crippen molar-refractivity contribution in [3.8, 4) is 17.2 Å². The van der Waals surface area contributed by atoms with Crippen molar-refractivity contribution in [3.63, 3.8) is 0 Å². The Morgan fingerprint density at radius 3 is 2.56 bits per heavy atom. The molecule has 0 aromatic heterocycles. The van der Waals surface area contributed by atoms with Crippen molar-refractivity contribution in [2.75, 3.05) is 19.5 Å². The van der Waals surface area contributed by atoms with Crippen molar-refractivity contribution in [3.05, 3.63) is 83.4 Å². The van der Waals surface area contributed by atoms with Crippen LogP contribution in [0.5, 0.6) is 17.2 Å². The van der Waals surface area contributed by atoms with Crippen LogP contribution in [0.15, 0.2) is 66.7 Å². The number of rotatable bonds is 8. The third-order valence-electron chi connectivity index (χ3n) is 6.43. The van der Waals surface area contributed by atoms with Gasteiger partial charge in [-0.05, 0) is 49.2 Å². The Morgan fingerprint density at radius 2 is 1.86 bits per heavy atom. The van der Waals surface area contributed by atoms with E-state index in [1.54, 1.807) is 32.1 Å². The number of hydrogen-bond acceptors (Lipinski definition) is 5. The summed E-state index contributed by atoms with van der Waals surface area (Å²) in [4.78, 5) is 28.0. The maximum Gasteiger partial charge on any atom is 0.263 e. The number of carbonyl (C=O) groups excluding carboxylic acids is 2.